The van der Waals surface area contributed by atoms with Crippen LogP contribution in [0, 0.1) is 0 Å². The highest BCUT2D eigenvalue weighted by molar-refractivity contribution is 5.50. The lowest BCUT2D eigenvalue weighted by atomic mass is 10.2. The van der Waals surface area contributed by atoms with Crippen molar-refractivity contribution in [2.75, 3.05) is 51.1 Å². The third kappa shape index (κ3) is 4.47. The van der Waals surface area contributed by atoms with Gasteiger partial charge in [0.15, 0.2) is 0 Å². The summed E-state index contributed by atoms with van der Waals surface area (Å²) in [5.41, 5.74) is 0. The van der Waals surface area contributed by atoms with Crippen molar-refractivity contribution in [1.82, 2.24) is 29.6 Å². The molecule has 3 heterocycles. The zero-order valence-electron chi connectivity index (χ0n) is 16.0. The molecule has 2 aromatic heterocycles. The number of rotatable bonds is 8. The largest absolute Gasteiger partial charge is 0.380 e. The number of ether oxygens (including phenoxy) is 1. The van der Waals surface area contributed by atoms with Crippen LogP contribution in [0.4, 0.5) is 11.6 Å². The van der Waals surface area contributed by atoms with E-state index in [0.29, 0.717) is 6.04 Å². The Balaban J connectivity index is 1.64. The second-order valence-electron chi connectivity index (χ2n) is 6.90. The average Bonchev–Trinajstić information content (AvgIpc) is 3.21. The van der Waals surface area contributed by atoms with E-state index in [1.54, 1.807) is 24.4 Å². The van der Waals surface area contributed by atoms with Gasteiger partial charge in [0.05, 0.1) is 6.10 Å². The van der Waals surface area contributed by atoms with Crippen LogP contribution in [-0.2, 0) is 18.2 Å². The number of aromatic nitrogens is 5. The second kappa shape index (κ2) is 8.41. The van der Waals surface area contributed by atoms with Gasteiger partial charge in [-0.25, -0.2) is 15.0 Å². The molecule has 1 aliphatic heterocycles. The smallest absolute Gasteiger partial charge is 0.138 e. The maximum Gasteiger partial charge on any atom is 0.138 e. The maximum absolute atomic E-state index is 5.59. The van der Waals surface area contributed by atoms with Crippen molar-refractivity contribution in [3.05, 3.63) is 24.5 Å². The van der Waals surface area contributed by atoms with Gasteiger partial charge < -0.3 is 19.9 Å². The molecule has 0 aromatic carbocycles. The highest BCUT2D eigenvalue weighted by atomic mass is 16.5. The minimum Gasteiger partial charge on any atom is -0.380 e. The second-order valence-corrected chi connectivity index (χ2v) is 6.90. The Labute approximate surface area is 154 Å². The Morgan fingerprint density at radius 1 is 1.27 bits per heavy atom. The van der Waals surface area contributed by atoms with Gasteiger partial charge in [-0.1, -0.05) is 0 Å². The van der Waals surface area contributed by atoms with E-state index in [4.69, 9.17) is 4.74 Å². The van der Waals surface area contributed by atoms with E-state index in [2.05, 4.69) is 49.3 Å². The topological polar surface area (TPSA) is 84.2 Å². The van der Waals surface area contributed by atoms with E-state index in [1.165, 1.54) is 0 Å². The molecule has 1 saturated heterocycles. The highest BCUT2D eigenvalue weighted by Gasteiger charge is 2.33. The predicted molar refractivity (Wildman–Crippen MR) is 100 cm³/mol. The normalized spacial score (nSPS) is 20.1. The van der Waals surface area contributed by atoms with Gasteiger partial charge in [0.1, 0.15) is 30.1 Å². The molecule has 0 unspecified atom stereocenters. The summed E-state index contributed by atoms with van der Waals surface area (Å²) in [7, 11) is 7.87. The van der Waals surface area contributed by atoms with Gasteiger partial charge in [0.25, 0.3) is 0 Å². The fraction of sp³-hybridized carbons (Fsp3) is 0.647. The molecule has 0 radical (unpaired) electrons. The first-order chi connectivity index (χ1) is 12.6. The first kappa shape index (κ1) is 18.5. The van der Waals surface area contributed by atoms with E-state index in [-0.39, 0.29) is 6.10 Å². The van der Waals surface area contributed by atoms with Crippen molar-refractivity contribution < 1.29 is 4.74 Å². The fourth-order valence-corrected chi connectivity index (χ4v) is 3.37. The first-order valence-corrected chi connectivity index (χ1v) is 8.89. The molecule has 26 heavy (non-hydrogen) atoms. The van der Waals surface area contributed by atoms with Crippen molar-refractivity contribution in [3.8, 4) is 0 Å². The van der Waals surface area contributed by atoms with Crippen LogP contribution in [0.15, 0.2) is 18.7 Å². The molecule has 0 aliphatic carbocycles. The molecular formula is C17H28N8O. The van der Waals surface area contributed by atoms with Crippen LogP contribution >= 0.6 is 0 Å². The van der Waals surface area contributed by atoms with Crippen LogP contribution < -0.4 is 10.2 Å². The highest BCUT2D eigenvalue weighted by Crippen LogP contribution is 2.26. The Morgan fingerprint density at radius 3 is 2.81 bits per heavy atom. The Bertz CT molecular complexity index is 704. The molecule has 0 saturated carbocycles. The monoisotopic (exact) mass is 360 g/mol. The van der Waals surface area contributed by atoms with Crippen LogP contribution in [0.2, 0.25) is 0 Å². The predicted octanol–water partition coefficient (Wildman–Crippen LogP) is 0.415. The number of likely N-dealkylation sites (N-methyl/N-ethyl adjacent to an activating group) is 1. The van der Waals surface area contributed by atoms with E-state index in [0.717, 1.165) is 49.9 Å². The summed E-state index contributed by atoms with van der Waals surface area (Å²) in [6.45, 7) is 2.56. The SMILES string of the molecule is CO[C@H]1C[C@@H](CN(C)C)N(c2cc(NCCc3ncnn3C)ncn2)C1. The van der Waals surface area contributed by atoms with Gasteiger partial charge in [0, 0.05) is 52.3 Å². The summed E-state index contributed by atoms with van der Waals surface area (Å²) in [5.74, 6) is 2.70. The molecule has 1 fully saturated rings. The Kier molecular flexibility index (Phi) is 6.00. The first-order valence-electron chi connectivity index (χ1n) is 8.89. The molecule has 9 nitrogen and oxygen atoms in total. The van der Waals surface area contributed by atoms with Gasteiger partial charge in [0.2, 0.25) is 0 Å². The Morgan fingerprint density at radius 2 is 2.12 bits per heavy atom. The molecule has 142 valence electrons. The van der Waals surface area contributed by atoms with Crippen LogP contribution in [0.3, 0.4) is 0 Å². The van der Waals surface area contributed by atoms with E-state index in [1.807, 2.05) is 13.1 Å². The number of hydrogen-bond donors (Lipinski definition) is 1. The lowest BCUT2D eigenvalue weighted by Crippen LogP contribution is -2.38. The van der Waals surface area contributed by atoms with Crippen LogP contribution in [0.5, 0.6) is 0 Å². The van der Waals surface area contributed by atoms with E-state index >= 15 is 0 Å². The van der Waals surface area contributed by atoms with Crippen LogP contribution in [0.1, 0.15) is 12.2 Å². The summed E-state index contributed by atoms with van der Waals surface area (Å²) in [6.07, 6.45) is 5.22. The van der Waals surface area contributed by atoms with Crippen LogP contribution in [-0.4, -0.2) is 82.6 Å². The molecule has 2 aromatic rings. The number of aryl methyl sites for hydroxylation is 1. The molecule has 0 bridgehead atoms. The number of hydrogen-bond acceptors (Lipinski definition) is 8. The summed E-state index contributed by atoms with van der Waals surface area (Å²) in [6, 6.07) is 2.40. The lowest BCUT2D eigenvalue weighted by molar-refractivity contribution is 0.117. The van der Waals surface area contributed by atoms with Crippen molar-refractivity contribution in [2.45, 2.75) is 25.0 Å². The van der Waals surface area contributed by atoms with Gasteiger partial charge in [-0.05, 0) is 20.5 Å². The van der Waals surface area contributed by atoms with Gasteiger partial charge in [-0.15, -0.1) is 0 Å². The number of nitrogens with zero attached hydrogens (tertiary/aromatic N) is 7. The quantitative estimate of drug-likeness (QED) is 0.725. The lowest BCUT2D eigenvalue weighted by Gasteiger charge is -2.27. The van der Waals surface area contributed by atoms with Crippen molar-refractivity contribution in [3.63, 3.8) is 0 Å². The minimum atomic E-state index is 0.238. The summed E-state index contributed by atoms with van der Waals surface area (Å²) < 4.78 is 7.37. The summed E-state index contributed by atoms with van der Waals surface area (Å²) in [5, 5.41) is 7.44. The van der Waals surface area contributed by atoms with Gasteiger partial charge >= 0.3 is 0 Å². The summed E-state index contributed by atoms with van der Waals surface area (Å²) >= 11 is 0. The molecule has 0 spiro atoms. The third-order valence-corrected chi connectivity index (χ3v) is 4.69. The number of anilines is 2. The molecule has 1 N–H and O–H groups in total. The summed E-state index contributed by atoms with van der Waals surface area (Å²) in [4.78, 5) is 17.6. The van der Waals surface area contributed by atoms with Crippen molar-refractivity contribution in [1.29, 1.82) is 0 Å². The van der Waals surface area contributed by atoms with E-state index in [9.17, 15) is 0 Å². The van der Waals surface area contributed by atoms with Crippen LogP contribution in [0.25, 0.3) is 0 Å². The zero-order valence-corrected chi connectivity index (χ0v) is 16.0. The standard InChI is InChI=1S/C17H28N8O/c1-23(2)9-13-7-14(26-4)10-25(13)17-8-15(19-11-20-17)18-6-5-16-21-12-22-24(16)3/h8,11-14H,5-7,9-10H2,1-4H3,(H,18,19,20)/t13-,14-/m0/s1. The molecule has 1 aliphatic rings. The maximum atomic E-state index is 5.59. The minimum absolute atomic E-state index is 0.238. The van der Waals surface area contributed by atoms with Crippen molar-refractivity contribution in [2.24, 2.45) is 7.05 Å². The van der Waals surface area contributed by atoms with Gasteiger partial charge in [-0.3, -0.25) is 4.68 Å². The average molecular weight is 360 g/mol. The zero-order chi connectivity index (χ0) is 18.5. The fourth-order valence-electron chi connectivity index (χ4n) is 3.37. The molecule has 3 rings (SSSR count). The number of methoxy groups -OCH3 is 1. The molecule has 2 atom stereocenters. The Hall–Kier alpha value is -2.26. The molecule has 0 amide bonds. The molecule has 9 heteroatoms. The molecular weight excluding hydrogens is 332 g/mol. The van der Waals surface area contributed by atoms with E-state index < -0.39 is 0 Å². The third-order valence-electron chi connectivity index (χ3n) is 4.69. The number of nitrogens with one attached hydrogen (secondary N) is 1. The van der Waals surface area contributed by atoms with Gasteiger partial charge in [-0.2, -0.15) is 5.10 Å². The van der Waals surface area contributed by atoms with Crippen molar-refractivity contribution >= 4 is 11.6 Å².